The minimum absolute atomic E-state index is 0.0857. The number of oxime groups is 1. The average Bonchev–Trinajstić information content (AvgIpc) is 2.38. The second-order valence-corrected chi connectivity index (χ2v) is 4.16. The summed E-state index contributed by atoms with van der Waals surface area (Å²) in [6, 6.07) is 3.89. The summed E-state index contributed by atoms with van der Waals surface area (Å²) in [4.78, 5) is 13.7. The van der Waals surface area contributed by atoms with Gasteiger partial charge < -0.3 is 20.3 Å². The number of piperidine rings is 1. The Labute approximate surface area is 104 Å². The van der Waals surface area contributed by atoms with Crippen LogP contribution in [0.25, 0.3) is 0 Å². The Morgan fingerprint density at radius 1 is 1.22 bits per heavy atom. The summed E-state index contributed by atoms with van der Waals surface area (Å²) in [5, 5.41) is 30.6. The lowest BCUT2D eigenvalue weighted by Crippen LogP contribution is -2.38. The molecule has 6 heteroatoms. The number of nitrogens with zero attached hydrogens (tertiary/aromatic N) is 2. The number of phenols is 2. The highest BCUT2D eigenvalue weighted by molar-refractivity contribution is 5.98. The van der Waals surface area contributed by atoms with Crippen LogP contribution >= 0.6 is 0 Å². The van der Waals surface area contributed by atoms with Gasteiger partial charge in [0.2, 0.25) is 0 Å². The van der Waals surface area contributed by atoms with Crippen molar-refractivity contribution in [1.82, 2.24) is 4.90 Å². The maximum Gasteiger partial charge on any atom is 0.257 e. The Kier molecular flexibility index (Phi) is 3.36. The summed E-state index contributed by atoms with van der Waals surface area (Å²) in [5.41, 5.74) is 0.839. The van der Waals surface area contributed by atoms with Gasteiger partial charge in [0.15, 0.2) is 0 Å². The van der Waals surface area contributed by atoms with E-state index in [0.29, 0.717) is 31.6 Å². The van der Waals surface area contributed by atoms with Crippen molar-refractivity contribution in [3.05, 3.63) is 23.8 Å². The molecule has 0 atom stereocenters. The van der Waals surface area contributed by atoms with Crippen molar-refractivity contribution in [3.63, 3.8) is 0 Å². The molecule has 2 rings (SSSR count). The van der Waals surface area contributed by atoms with Gasteiger partial charge in [-0.2, -0.15) is 0 Å². The molecule has 0 unspecified atom stereocenters. The van der Waals surface area contributed by atoms with Gasteiger partial charge in [-0.25, -0.2) is 0 Å². The van der Waals surface area contributed by atoms with Crippen molar-refractivity contribution < 1.29 is 20.2 Å². The largest absolute Gasteiger partial charge is 0.508 e. The van der Waals surface area contributed by atoms with Crippen molar-refractivity contribution in [2.24, 2.45) is 5.16 Å². The van der Waals surface area contributed by atoms with Crippen LogP contribution in [0.15, 0.2) is 23.4 Å². The molecule has 96 valence electrons. The van der Waals surface area contributed by atoms with Gasteiger partial charge in [-0.05, 0) is 12.1 Å². The minimum atomic E-state index is -0.288. The molecule has 1 aliphatic heterocycles. The molecule has 1 saturated heterocycles. The third-order valence-corrected chi connectivity index (χ3v) is 2.98. The number of aromatic hydroxyl groups is 2. The highest BCUT2D eigenvalue weighted by atomic mass is 16.4. The number of phenolic OH excluding ortho intramolecular Hbond substituents is 2. The quantitative estimate of drug-likeness (QED) is 0.515. The summed E-state index contributed by atoms with van der Waals surface area (Å²) < 4.78 is 0. The van der Waals surface area contributed by atoms with Crippen molar-refractivity contribution in [3.8, 4) is 11.5 Å². The summed E-state index contributed by atoms with van der Waals surface area (Å²) in [7, 11) is 0. The molecule has 0 saturated carbocycles. The molecule has 1 amide bonds. The third kappa shape index (κ3) is 2.37. The smallest absolute Gasteiger partial charge is 0.257 e. The molecular formula is C12H14N2O4. The van der Waals surface area contributed by atoms with E-state index in [4.69, 9.17) is 10.3 Å². The summed E-state index contributed by atoms with van der Waals surface area (Å²) >= 11 is 0. The van der Waals surface area contributed by atoms with Crippen LogP contribution in [0, 0.1) is 0 Å². The molecule has 3 N–H and O–H groups in total. The number of carbonyl (C=O) groups is 1. The second-order valence-electron chi connectivity index (χ2n) is 4.16. The van der Waals surface area contributed by atoms with E-state index in [1.807, 2.05) is 0 Å². The molecule has 1 fully saturated rings. The number of rotatable bonds is 1. The molecule has 0 aliphatic carbocycles. The predicted octanol–water partition coefficient (Wildman–Crippen LogP) is 1.16. The van der Waals surface area contributed by atoms with Crippen LogP contribution < -0.4 is 0 Å². The monoisotopic (exact) mass is 250 g/mol. The Balaban J connectivity index is 2.12. The first kappa shape index (κ1) is 12.2. The lowest BCUT2D eigenvalue weighted by Gasteiger charge is -2.27. The Bertz CT molecular complexity index is 489. The van der Waals surface area contributed by atoms with Crippen LogP contribution in [-0.4, -0.2) is 45.0 Å². The van der Waals surface area contributed by atoms with Gasteiger partial charge in [0.1, 0.15) is 11.5 Å². The molecule has 1 aromatic rings. The zero-order chi connectivity index (χ0) is 13.1. The molecule has 6 nitrogen and oxygen atoms in total. The summed E-state index contributed by atoms with van der Waals surface area (Å²) in [6.45, 7) is 0.914. The van der Waals surface area contributed by atoms with Crippen LogP contribution in [0.2, 0.25) is 0 Å². The summed E-state index contributed by atoms with van der Waals surface area (Å²) in [5.74, 6) is -0.608. The van der Waals surface area contributed by atoms with Crippen LogP contribution in [0.5, 0.6) is 11.5 Å². The Morgan fingerprint density at radius 3 is 2.44 bits per heavy atom. The SMILES string of the molecule is O=C(c1ccc(O)cc1O)N1CCC(=NO)CC1. The minimum Gasteiger partial charge on any atom is -0.508 e. The van der Waals surface area contributed by atoms with Gasteiger partial charge in [0, 0.05) is 32.0 Å². The van der Waals surface area contributed by atoms with E-state index < -0.39 is 0 Å². The molecule has 18 heavy (non-hydrogen) atoms. The van der Waals surface area contributed by atoms with Crippen molar-refractivity contribution in [2.45, 2.75) is 12.8 Å². The van der Waals surface area contributed by atoms with Gasteiger partial charge in [-0.1, -0.05) is 5.16 Å². The molecule has 1 heterocycles. The average molecular weight is 250 g/mol. The first-order chi connectivity index (χ1) is 8.61. The first-order valence-electron chi connectivity index (χ1n) is 5.63. The van der Waals surface area contributed by atoms with E-state index >= 15 is 0 Å². The molecule has 1 aromatic carbocycles. The Morgan fingerprint density at radius 2 is 1.89 bits per heavy atom. The number of likely N-dealkylation sites (tertiary alicyclic amines) is 1. The zero-order valence-electron chi connectivity index (χ0n) is 9.70. The van der Waals surface area contributed by atoms with E-state index in [1.165, 1.54) is 12.1 Å². The Hall–Kier alpha value is -2.24. The molecule has 1 aliphatic rings. The zero-order valence-corrected chi connectivity index (χ0v) is 9.70. The third-order valence-electron chi connectivity index (χ3n) is 2.98. The predicted molar refractivity (Wildman–Crippen MR) is 64.1 cm³/mol. The molecule has 0 radical (unpaired) electrons. The van der Waals surface area contributed by atoms with Crippen LogP contribution in [0.3, 0.4) is 0 Å². The molecule has 0 aromatic heterocycles. The van der Waals surface area contributed by atoms with Gasteiger partial charge >= 0.3 is 0 Å². The first-order valence-corrected chi connectivity index (χ1v) is 5.63. The standard InChI is InChI=1S/C12H14N2O4/c15-9-1-2-10(11(16)7-9)12(17)14-5-3-8(13-18)4-6-14/h1-2,7,15-16,18H,3-6H2. The molecule has 0 spiro atoms. The van der Waals surface area contributed by atoms with Crippen LogP contribution in [0.1, 0.15) is 23.2 Å². The fraction of sp³-hybridized carbons (Fsp3) is 0.333. The second kappa shape index (κ2) is 4.95. The number of amides is 1. The van der Waals surface area contributed by atoms with Crippen molar-refractivity contribution >= 4 is 11.6 Å². The van der Waals surface area contributed by atoms with E-state index in [1.54, 1.807) is 4.90 Å². The lowest BCUT2D eigenvalue weighted by atomic mass is 10.1. The molecular weight excluding hydrogens is 236 g/mol. The van der Waals surface area contributed by atoms with Gasteiger partial charge in [-0.15, -0.1) is 0 Å². The van der Waals surface area contributed by atoms with Gasteiger partial charge in [0.25, 0.3) is 5.91 Å². The fourth-order valence-corrected chi connectivity index (χ4v) is 1.94. The summed E-state index contributed by atoms with van der Waals surface area (Å²) in [6.07, 6.45) is 1.06. The van der Waals surface area contributed by atoms with Crippen molar-refractivity contribution in [2.75, 3.05) is 13.1 Å². The maximum atomic E-state index is 12.1. The van der Waals surface area contributed by atoms with Crippen LogP contribution in [-0.2, 0) is 0 Å². The fourth-order valence-electron chi connectivity index (χ4n) is 1.94. The number of carbonyl (C=O) groups excluding carboxylic acids is 1. The van der Waals surface area contributed by atoms with E-state index in [2.05, 4.69) is 5.16 Å². The van der Waals surface area contributed by atoms with Gasteiger partial charge in [-0.3, -0.25) is 4.79 Å². The van der Waals surface area contributed by atoms with Crippen LogP contribution in [0.4, 0.5) is 0 Å². The van der Waals surface area contributed by atoms with Gasteiger partial charge in [0.05, 0.1) is 11.3 Å². The highest BCUT2D eigenvalue weighted by Gasteiger charge is 2.23. The maximum absolute atomic E-state index is 12.1. The normalized spacial score (nSPS) is 15.6. The topological polar surface area (TPSA) is 93.4 Å². The number of benzene rings is 1. The molecule has 0 bridgehead atoms. The van der Waals surface area contributed by atoms with Crippen molar-refractivity contribution in [1.29, 1.82) is 0 Å². The number of hydrogen-bond donors (Lipinski definition) is 3. The number of hydrogen-bond acceptors (Lipinski definition) is 5. The van der Waals surface area contributed by atoms with E-state index in [-0.39, 0.29) is 23.0 Å². The van der Waals surface area contributed by atoms with E-state index in [0.717, 1.165) is 6.07 Å². The van der Waals surface area contributed by atoms with E-state index in [9.17, 15) is 9.90 Å². The lowest BCUT2D eigenvalue weighted by molar-refractivity contribution is 0.0750. The highest BCUT2D eigenvalue weighted by Crippen LogP contribution is 2.24.